The Morgan fingerprint density at radius 3 is 2.79 bits per heavy atom. The fourth-order valence-electron chi connectivity index (χ4n) is 4.25. The molecule has 2 bridgehead atoms. The molecule has 4 rings (SSSR count). The number of aromatic nitrogens is 1. The molecule has 2 aromatic rings. The molecular weight excluding hydrogens is 300 g/mol. The van der Waals surface area contributed by atoms with E-state index in [0.717, 1.165) is 24.0 Å². The summed E-state index contributed by atoms with van der Waals surface area (Å²) < 4.78 is 5.43. The van der Waals surface area contributed by atoms with Crippen LogP contribution in [0, 0.1) is 23.7 Å². The minimum Gasteiger partial charge on any atom is -0.444 e. The molecule has 2 unspecified atom stereocenters. The van der Waals surface area contributed by atoms with Crippen molar-refractivity contribution in [3.05, 3.63) is 23.6 Å². The first-order chi connectivity index (χ1) is 11.7. The molecule has 4 heterocycles. The maximum atomic E-state index is 9.01. The average Bonchev–Trinajstić information content (AvgIpc) is 2.99. The van der Waals surface area contributed by atoms with E-state index in [2.05, 4.69) is 28.2 Å². The Morgan fingerprint density at radius 1 is 1.38 bits per heavy atom. The fourth-order valence-corrected chi connectivity index (χ4v) is 4.25. The van der Waals surface area contributed by atoms with Crippen LogP contribution in [0.15, 0.2) is 16.7 Å². The topological polar surface area (TPSA) is 65.1 Å². The number of nitriles is 1. The highest BCUT2D eigenvalue weighted by molar-refractivity contribution is 5.88. The maximum Gasteiger partial charge on any atom is 0.204 e. The van der Waals surface area contributed by atoms with Gasteiger partial charge in [0.2, 0.25) is 5.76 Å². The molecule has 0 amide bonds. The van der Waals surface area contributed by atoms with Crippen LogP contribution < -0.4 is 5.32 Å². The van der Waals surface area contributed by atoms with Gasteiger partial charge in [-0.15, -0.1) is 6.42 Å². The van der Waals surface area contributed by atoms with Crippen molar-refractivity contribution in [1.29, 1.82) is 5.26 Å². The molecule has 5 nitrogen and oxygen atoms in total. The van der Waals surface area contributed by atoms with Crippen LogP contribution in [0.4, 0.5) is 5.82 Å². The van der Waals surface area contributed by atoms with Gasteiger partial charge in [0.05, 0.1) is 11.8 Å². The van der Waals surface area contributed by atoms with Crippen molar-refractivity contribution in [2.75, 3.05) is 12.4 Å². The third-order valence-electron chi connectivity index (χ3n) is 5.51. The molecule has 2 saturated heterocycles. The quantitative estimate of drug-likeness (QED) is 0.861. The molecule has 5 heteroatoms. The van der Waals surface area contributed by atoms with E-state index >= 15 is 0 Å². The first-order valence-corrected chi connectivity index (χ1v) is 8.47. The summed E-state index contributed by atoms with van der Waals surface area (Å²) in [6, 6.07) is 5.38. The first kappa shape index (κ1) is 15.1. The molecule has 1 N–H and O–H groups in total. The molecule has 0 saturated carbocycles. The number of furan rings is 1. The molecule has 2 aliphatic rings. The van der Waals surface area contributed by atoms with Crippen LogP contribution in [-0.4, -0.2) is 35.1 Å². The van der Waals surface area contributed by atoms with Crippen LogP contribution in [-0.2, 0) is 0 Å². The SMILES string of the molecule is C#Cc1c(NC2CC3CCCC(C2)N3C)ncc2oc(C#N)cc12. The van der Waals surface area contributed by atoms with Gasteiger partial charge in [-0.05, 0) is 32.7 Å². The van der Waals surface area contributed by atoms with Crippen LogP contribution in [0.25, 0.3) is 11.0 Å². The van der Waals surface area contributed by atoms with Crippen LogP contribution in [0.3, 0.4) is 0 Å². The Labute approximate surface area is 141 Å². The van der Waals surface area contributed by atoms with Gasteiger partial charge in [-0.25, -0.2) is 4.98 Å². The molecule has 122 valence electrons. The average molecular weight is 320 g/mol. The van der Waals surface area contributed by atoms with E-state index in [1.165, 1.54) is 19.3 Å². The van der Waals surface area contributed by atoms with Crippen molar-refractivity contribution < 1.29 is 4.42 Å². The molecule has 0 aromatic carbocycles. The molecule has 2 fully saturated rings. The minimum absolute atomic E-state index is 0.259. The molecule has 24 heavy (non-hydrogen) atoms. The molecule has 0 radical (unpaired) electrons. The lowest BCUT2D eigenvalue weighted by Gasteiger charge is -2.47. The number of rotatable bonds is 2. The van der Waals surface area contributed by atoms with Crippen molar-refractivity contribution in [1.82, 2.24) is 9.88 Å². The Kier molecular flexibility index (Phi) is 3.67. The van der Waals surface area contributed by atoms with Crippen LogP contribution in [0.5, 0.6) is 0 Å². The summed E-state index contributed by atoms with van der Waals surface area (Å²) in [7, 11) is 2.25. The van der Waals surface area contributed by atoms with E-state index in [4.69, 9.17) is 16.1 Å². The predicted octanol–water partition coefficient (Wildman–Crippen LogP) is 3.11. The lowest BCUT2D eigenvalue weighted by atomic mass is 9.82. The van der Waals surface area contributed by atoms with E-state index in [-0.39, 0.29) is 5.76 Å². The van der Waals surface area contributed by atoms with Gasteiger partial charge in [0.15, 0.2) is 5.58 Å². The summed E-state index contributed by atoms with van der Waals surface area (Å²) in [4.78, 5) is 7.00. The Hall–Kier alpha value is -2.50. The van der Waals surface area contributed by atoms with E-state index in [0.29, 0.717) is 29.3 Å². The monoisotopic (exact) mass is 320 g/mol. The second kappa shape index (κ2) is 5.85. The smallest absolute Gasteiger partial charge is 0.204 e. The highest BCUT2D eigenvalue weighted by Gasteiger charge is 2.36. The largest absolute Gasteiger partial charge is 0.444 e. The van der Waals surface area contributed by atoms with E-state index < -0.39 is 0 Å². The third kappa shape index (κ3) is 2.42. The summed E-state index contributed by atoms with van der Waals surface area (Å²) in [6.45, 7) is 0. The molecule has 2 atom stereocenters. The Bertz CT molecular complexity index is 843. The van der Waals surface area contributed by atoms with E-state index in [1.54, 1.807) is 12.3 Å². The second-order valence-electron chi connectivity index (χ2n) is 6.84. The van der Waals surface area contributed by atoms with Gasteiger partial charge < -0.3 is 14.6 Å². The molecule has 0 spiro atoms. The number of fused-ring (bicyclic) bond motifs is 3. The standard InChI is InChI=1S/C19H20N4O/c1-3-16-17-9-15(10-20)24-18(17)11-21-19(16)22-12-7-13-5-4-6-14(8-12)23(13)2/h1,9,11-14H,4-8H2,2H3,(H,21,22). The minimum atomic E-state index is 0.259. The first-order valence-electron chi connectivity index (χ1n) is 8.47. The molecular formula is C19H20N4O. The summed E-state index contributed by atoms with van der Waals surface area (Å²) in [5.74, 6) is 3.70. The predicted molar refractivity (Wildman–Crippen MR) is 92.5 cm³/mol. The van der Waals surface area contributed by atoms with Crippen molar-refractivity contribution in [3.8, 4) is 18.4 Å². The number of piperidine rings is 2. The number of terminal acetylenes is 1. The molecule has 2 aromatic heterocycles. The summed E-state index contributed by atoms with van der Waals surface area (Å²) in [6.07, 6.45) is 13.5. The van der Waals surface area contributed by atoms with Gasteiger partial charge in [0.1, 0.15) is 11.9 Å². The molecule has 2 aliphatic heterocycles. The lowest BCUT2D eigenvalue weighted by Crippen LogP contribution is -2.52. The van der Waals surface area contributed by atoms with E-state index in [9.17, 15) is 0 Å². The highest BCUT2D eigenvalue weighted by Crippen LogP contribution is 2.35. The number of nitrogens with zero attached hydrogens (tertiary/aromatic N) is 3. The number of hydrogen-bond donors (Lipinski definition) is 1. The summed E-state index contributed by atoms with van der Waals surface area (Å²) in [5.41, 5.74) is 1.24. The van der Waals surface area contributed by atoms with Crippen LogP contribution >= 0.6 is 0 Å². The van der Waals surface area contributed by atoms with E-state index in [1.807, 2.05) is 6.07 Å². The zero-order valence-corrected chi connectivity index (χ0v) is 13.7. The van der Waals surface area contributed by atoms with Gasteiger partial charge in [-0.1, -0.05) is 12.3 Å². The Balaban J connectivity index is 1.63. The number of pyridine rings is 1. The Morgan fingerprint density at radius 2 is 2.12 bits per heavy atom. The number of anilines is 1. The summed E-state index contributed by atoms with van der Waals surface area (Å²) >= 11 is 0. The van der Waals surface area contributed by atoms with Crippen molar-refractivity contribution in [2.24, 2.45) is 0 Å². The zero-order valence-electron chi connectivity index (χ0n) is 13.7. The van der Waals surface area contributed by atoms with Gasteiger partial charge in [-0.2, -0.15) is 5.26 Å². The number of hydrogen-bond acceptors (Lipinski definition) is 5. The van der Waals surface area contributed by atoms with Gasteiger partial charge in [-0.3, -0.25) is 0 Å². The lowest BCUT2D eigenvalue weighted by molar-refractivity contribution is 0.0608. The van der Waals surface area contributed by atoms with Crippen molar-refractivity contribution in [2.45, 2.75) is 50.2 Å². The summed E-state index contributed by atoms with van der Waals surface area (Å²) in [5, 5.41) is 13.4. The second-order valence-corrected chi connectivity index (χ2v) is 6.84. The van der Waals surface area contributed by atoms with Gasteiger partial charge >= 0.3 is 0 Å². The van der Waals surface area contributed by atoms with Crippen LogP contribution in [0.2, 0.25) is 0 Å². The third-order valence-corrected chi connectivity index (χ3v) is 5.51. The van der Waals surface area contributed by atoms with Crippen molar-refractivity contribution >= 4 is 16.8 Å². The number of nitrogens with one attached hydrogen (secondary N) is 1. The van der Waals surface area contributed by atoms with Gasteiger partial charge in [0.25, 0.3) is 0 Å². The van der Waals surface area contributed by atoms with Gasteiger partial charge in [0, 0.05) is 29.6 Å². The van der Waals surface area contributed by atoms with Crippen molar-refractivity contribution in [3.63, 3.8) is 0 Å². The maximum absolute atomic E-state index is 9.01. The highest BCUT2D eigenvalue weighted by atomic mass is 16.3. The molecule has 0 aliphatic carbocycles. The fraction of sp³-hybridized carbons (Fsp3) is 0.474. The zero-order chi connectivity index (χ0) is 16.7. The van der Waals surface area contributed by atoms with Crippen LogP contribution in [0.1, 0.15) is 43.4 Å². The normalized spacial score (nSPS) is 26.7.